The summed E-state index contributed by atoms with van der Waals surface area (Å²) in [6, 6.07) is 36.3. The number of urea groups is 1. The second-order valence-electron chi connectivity index (χ2n) is 20.0. The molecule has 0 radical (unpaired) electrons. The third-order valence-corrected chi connectivity index (χ3v) is 14.9. The predicted octanol–water partition coefficient (Wildman–Crippen LogP) is 7.91. The summed E-state index contributed by atoms with van der Waals surface area (Å²) in [5, 5.41) is 12.5. The number of nitrogens with zero attached hydrogens (tertiary/aromatic N) is 4. The lowest BCUT2D eigenvalue weighted by Gasteiger charge is -2.46. The van der Waals surface area contributed by atoms with Crippen molar-refractivity contribution in [3.63, 3.8) is 0 Å². The molecule has 5 aromatic carbocycles. The highest BCUT2D eigenvalue weighted by Crippen LogP contribution is 2.66. The van der Waals surface area contributed by atoms with Crippen LogP contribution in [0, 0.1) is 23.7 Å². The molecular formula is C60H65N5O9. The molecular weight excluding hydrogens is 935 g/mol. The van der Waals surface area contributed by atoms with Crippen molar-refractivity contribution in [3.8, 4) is 17.6 Å². The number of amides is 4. The lowest BCUT2D eigenvalue weighted by Crippen LogP contribution is -2.58. The largest absolute Gasteiger partial charge is 0.491 e. The van der Waals surface area contributed by atoms with Crippen LogP contribution >= 0.6 is 0 Å². The van der Waals surface area contributed by atoms with Gasteiger partial charge in [0, 0.05) is 25.2 Å². The van der Waals surface area contributed by atoms with Crippen LogP contribution in [0.15, 0.2) is 133 Å². The maximum Gasteiger partial charge on any atom is 0.329 e. The molecule has 4 aliphatic rings. The number of carbonyl (C=O) groups is 5. The van der Waals surface area contributed by atoms with Gasteiger partial charge in [-0.05, 0) is 84.0 Å². The van der Waals surface area contributed by atoms with E-state index in [9.17, 15) is 9.90 Å². The van der Waals surface area contributed by atoms with E-state index in [0.717, 1.165) is 48.1 Å². The van der Waals surface area contributed by atoms with Crippen LogP contribution in [0.1, 0.15) is 97.5 Å². The normalized spacial score (nSPS) is 23.0. The Kier molecular flexibility index (Phi) is 15.9. The van der Waals surface area contributed by atoms with Gasteiger partial charge in [0.2, 0.25) is 11.8 Å². The van der Waals surface area contributed by atoms with Crippen molar-refractivity contribution in [2.24, 2.45) is 11.8 Å². The summed E-state index contributed by atoms with van der Waals surface area (Å²) < 4.78 is 17.7. The molecule has 14 nitrogen and oxygen atoms in total. The minimum Gasteiger partial charge on any atom is -0.491 e. The second-order valence-corrected chi connectivity index (χ2v) is 20.0. The highest BCUT2D eigenvalue weighted by molar-refractivity contribution is 6.25. The number of rotatable bonds is 13. The van der Waals surface area contributed by atoms with Crippen LogP contribution < -0.4 is 15.0 Å². The summed E-state index contributed by atoms with van der Waals surface area (Å²) in [5.41, 5.74) is 2.22. The number of benzene rings is 5. The van der Waals surface area contributed by atoms with E-state index < -0.39 is 77.3 Å². The summed E-state index contributed by atoms with van der Waals surface area (Å²) in [6.07, 6.45) is 3.41. The molecule has 0 aromatic heterocycles. The van der Waals surface area contributed by atoms with E-state index in [1.807, 2.05) is 103 Å². The van der Waals surface area contributed by atoms with Crippen molar-refractivity contribution >= 4 is 35.5 Å². The Morgan fingerprint density at radius 1 is 0.811 bits per heavy atom. The van der Waals surface area contributed by atoms with Gasteiger partial charge in [-0.15, -0.1) is 0 Å². The van der Waals surface area contributed by atoms with Crippen LogP contribution in [0.3, 0.4) is 0 Å². The summed E-state index contributed by atoms with van der Waals surface area (Å²) in [7, 11) is 3.22. The first-order valence-corrected chi connectivity index (χ1v) is 25.8. The van der Waals surface area contributed by atoms with Gasteiger partial charge >= 0.3 is 18.0 Å². The highest BCUT2D eigenvalue weighted by Gasteiger charge is 2.76. The number of aliphatic hydroxyl groups is 1. The Hall–Kier alpha value is -7.31. The molecule has 14 heteroatoms. The average Bonchev–Trinajstić information content (AvgIpc) is 3.86. The molecule has 74 heavy (non-hydrogen) atoms. The third-order valence-electron chi connectivity index (χ3n) is 14.9. The van der Waals surface area contributed by atoms with E-state index in [-0.39, 0.29) is 18.9 Å². The van der Waals surface area contributed by atoms with Gasteiger partial charge in [-0.3, -0.25) is 24.2 Å². The first-order valence-electron chi connectivity index (χ1n) is 25.8. The first-order chi connectivity index (χ1) is 36.0. The molecule has 4 amide bonds. The van der Waals surface area contributed by atoms with Gasteiger partial charge < -0.3 is 29.5 Å². The standard InChI is InChI=1S/C60H65N5O9/c1-40(2)50(56(68)72-4)61-59(71)64-48-32-27-41(22-19-33-62(3)39-42-20-11-8-12-21-42)38-47(48)60(58(64)70)49(55(67)63-34-17-6-5-7-18-35-63)52-57(69)74-53(44-25-15-10-16-26-44)51(43-23-13-9-14-24-43)65(52)54(60)45-28-30-46(31-29-45)73-37-36-66/h8-16,20-21,23-32,38,40,49-54,66H,5-7,17-18,33-37,39H2,1-4H3,(H,61,71)/t49-,50+,51-,52-,53+,54+,60-/m1/s1. The van der Waals surface area contributed by atoms with E-state index in [1.54, 1.807) is 49.1 Å². The number of hydrogen-bond acceptors (Lipinski definition) is 11. The molecule has 1 spiro atoms. The maximum absolute atomic E-state index is 16.9. The molecule has 0 bridgehead atoms. The Labute approximate surface area is 433 Å². The molecule has 3 saturated heterocycles. The number of aliphatic hydroxyl groups excluding tert-OH is 1. The van der Waals surface area contributed by atoms with Gasteiger partial charge in [-0.25, -0.2) is 14.5 Å². The Bertz CT molecular complexity index is 2860. The number of esters is 2. The van der Waals surface area contributed by atoms with Gasteiger partial charge in [0.15, 0.2) is 0 Å². The molecule has 384 valence electrons. The number of likely N-dealkylation sites (tertiary alicyclic amines) is 1. The van der Waals surface area contributed by atoms with Gasteiger partial charge in [0.1, 0.15) is 36.0 Å². The average molecular weight is 1000 g/mol. The fourth-order valence-corrected chi connectivity index (χ4v) is 11.6. The zero-order chi connectivity index (χ0) is 51.9. The van der Waals surface area contributed by atoms with Crippen LogP contribution in [0.4, 0.5) is 10.5 Å². The third kappa shape index (κ3) is 10.0. The fourth-order valence-electron chi connectivity index (χ4n) is 11.6. The number of nitrogens with one attached hydrogen (secondary N) is 1. The van der Waals surface area contributed by atoms with Crippen molar-refractivity contribution in [2.75, 3.05) is 51.9 Å². The fraction of sp³-hybridized carbons (Fsp3) is 0.383. The van der Waals surface area contributed by atoms with E-state index in [0.29, 0.717) is 54.2 Å². The SMILES string of the molecule is COC(=O)[C@@H](NC(=O)N1C(=O)[C@@]2(c3cc(C#CCN(C)Cc4ccccc4)ccc31)[C@H](c1ccc(OCCO)cc1)N1[C@H](c3ccccc3)[C@H](c3ccccc3)OC(=O)[C@H]1[C@@H]2C(=O)N1CCCCCCC1)C(C)C. The van der Waals surface area contributed by atoms with Crippen molar-refractivity contribution < 1.29 is 43.3 Å². The van der Waals surface area contributed by atoms with E-state index >= 15 is 19.2 Å². The number of ether oxygens (including phenoxy) is 3. The maximum atomic E-state index is 16.9. The molecule has 0 aliphatic carbocycles. The molecule has 2 N–H and O–H groups in total. The van der Waals surface area contributed by atoms with E-state index in [4.69, 9.17) is 14.2 Å². The Balaban J connectivity index is 1.32. The topological polar surface area (TPSA) is 158 Å². The lowest BCUT2D eigenvalue weighted by molar-refractivity contribution is -0.179. The Morgan fingerprint density at radius 3 is 2.08 bits per heavy atom. The first kappa shape index (κ1) is 51.6. The number of carbonyl (C=O) groups excluding carboxylic acids is 5. The summed E-state index contributed by atoms with van der Waals surface area (Å²) in [6.45, 7) is 5.24. The Morgan fingerprint density at radius 2 is 1.45 bits per heavy atom. The van der Waals surface area contributed by atoms with Crippen LogP contribution in [-0.4, -0.2) is 109 Å². The van der Waals surface area contributed by atoms with E-state index in [1.165, 1.54) is 7.11 Å². The molecule has 7 atom stereocenters. The quantitative estimate of drug-likeness (QED) is 0.0873. The van der Waals surface area contributed by atoms with Crippen LogP contribution in [0.5, 0.6) is 5.75 Å². The number of fused-ring (bicyclic) bond motifs is 3. The van der Waals surface area contributed by atoms with Crippen molar-refractivity contribution in [1.82, 2.24) is 20.0 Å². The number of morpholine rings is 1. The number of anilines is 1. The number of methoxy groups -OCH3 is 1. The molecule has 9 rings (SSSR count). The number of imide groups is 1. The monoisotopic (exact) mass is 999 g/mol. The zero-order valence-corrected chi connectivity index (χ0v) is 42.5. The van der Waals surface area contributed by atoms with Crippen LogP contribution in [0.2, 0.25) is 0 Å². The van der Waals surface area contributed by atoms with Crippen molar-refractivity contribution in [1.29, 1.82) is 0 Å². The molecule has 4 heterocycles. The summed E-state index contributed by atoms with van der Waals surface area (Å²) in [5.74, 6) is 2.73. The lowest BCUT2D eigenvalue weighted by atomic mass is 9.64. The molecule has 3 fully saturated rings. The molecule has 5 aromatic rings. The van der Waals surface area contributed by atoms with Crippen molar-refractivity contribution in [3.05, 3.63) is 167 Å². The van der Waals surface area contributed by atoms with Crippen LogP contribution in [0.25, 0.3) is 0 Å². The predicted molar refractivity (Wildman–Crippen MR) is 279 cm³/mol. The smallest absolute Gasteiger partial charge is 0.329 e. The summed E-state index contributed by atoms with van der Waals surface area (Å²) >= 11 is 0. The van der Waals surface area contributed by atoms with E-state index in [2.05, 4.69) is 34.2 Å². The molecule has 4 aliphatic heterocycles. The highest BCUT2D eigenvalue weighted by atomic mass is 16.6. The van der Waals surface area contributed by atoms with Gasteiger partial charge in [0.25, 0.3) is 0 Å². The summed E-state index contributed by atoms with van der Waals surface area (Å²) in [4.78, 5) is 84.4. The minimum atomic E-state index is -2.01. The number of hydrogen-bond donors (Lipinski definition) is 2. The second kappa shape index (κ2) is 22.8. The van der Waals surface area contributed by atoms with Gasteiger partial charge in [-0.2, -0.15) is 0 Å². The minimum absolute atomic E-state index is 0.0404. The van der Waals surface area contributed by atoms with Gasteiger partial charge in [-0.1, -0.05) is 148 Å². The molecule has 0 unspecified atom stereocenters. The van der Waals surface area contributed by atoms with Crippen LogP contribution in [-0.2, 0) is 40.6 Å². The van der Waals surface area contributed by atoms with Gasteiger partial charge in [0.05, 0.1) is 44.0 Å². The molecule has 0 saturated carbocycles. The zero-order valence-electron chi connectivity index (χ0n) is 42.5. The van der Waals surface area contributed by atoms with Crippen molar-refractivity contribution in [2.45, 2.75) is 88.2 Å². The number of cyclic esters (lactones) is 1.